The fraction of sp³-hybridized carbons (Fsp3) is 0.647. The van der Waals surface area contributed by atoms with E-state index in [1.165, 1.54) is 12.1 Å². The van der Waals surface area contributed by atoms with Gasteiger partial charge in [-0.3, -0.25) is 14.4 Å². The number of nitrogens with zero attached hydrogens (tertiary/aromatic N) is 7. The van der Waals surface area contributed by atoms with Crippen LogP contribution in [0.15, 0.2) is 6.07 Å². The minimum absolute atomic E-state index is 0.102. The van der Waals surface area contributed by atoms with Crippen LogP contribution in [0.25, 0.3) is 0 Å². The maximum Gasteiger partial charge on any atom is 0.219 e. The van der Waals surface area contributed by atoms with Crippen LogP contribution in [0.3, 0.4) is 0 Å². The van der Waals surface area contributed by atoms with Gasteiger partial charge in [0, 0.05) is 33.6 Å². The van der Waals surface area contributed by atoms with Crippen molar-refractivity contribution >= 4 is 5.91 Å². The first-order valence-electron chi connectivity index (χ1n) is 8.94. The van der Waals surface area contributed by atoms with Gasteiger partial charge in [-0.2, -0.15) is 5.10 Å². The molecule has 8 nitrogen and oxygen atoms in total. The summed E-state index contributed by atoms with van der Waals surface area (Å²) in [6.45, 7) is 7.67. The number of aryl methyl sites for hydroxylation is 2. The highest BCUT2D eigenvalue weighted by Crippen LogP contribution is 2.33. The number of likely N-dealkylation sites (tertiary alicyclic amines) is 1. The van der Waals surface area contributed by atoms with E-state index in [0.717, 1.165) is 49.9 Å². The van der Waals surface area contributed by atoms with E-state index in [1.807, 2.05) is 23.6 Å². The average Bonchev–Trinajstić information content (AvgIpc) is 3.26. The molecule has 1 fully saturated rings. The van der Waals surface area contributed by atoms with Gasteiger partial charge in [0.1, 0.15) is 0 Å². The molecule has 2 aromatic rings. The first kappa shape index (κ1) is 16.3. The second-order valence-electron chi connectivity index (χ2n) is 7.10. The molecule has 134 valence electrons. The minimum Gasteiger partial charge on any atom is -0.334 e. The zero-order valence-corrected chi connectivity index (χ0v) is 15.1. The number of rotatable bonds is 3. The molecule has 1 amide bonds. The molecule has 4 rings (SSSR count). The summed E-state index contributed by atoms with van der Waals surface area (Å²) in [6, 6.07) is 2.44. The molecular weight excluding hydrogens is 318 g/mol. The highest BCUT2D eigenvalue weighted by molar-refractivity contribution is 5.73. The van der Waals surface area contributed by atoms with Crippen LogP contribution in [0.2, 0.25) is 0 Å². The summed E-state index contributed by atoms with van der Waals surface area (Å²) in [5.74, 6) is 2.05. The van der Waals surface area contributed by atoms with Gasteiger partial charge in [-0.25, -0.2) is 0 Å². The van der Waals surface area contributed by atoms with E-state index >= 15 is 0 Å². The lowest BCUT2D eigenvalue weighted by molar-refractivity contribution is -0.130. The summed E-state index contributed by atoms with van der Waals surface area (Å²) in [4.78, 5) is 15.9. The summed E-state index contributed by atoms with van der Waals surface area (Å²) in [6.07, 6.45) is 2.27. The van der Waals surface area contributed by atoms with Gasteiger partial charge >= 0.3 is 0 Å². The van der Waals surface area contributed by atoms with Crippen LogP contribution < -0.4 is 0 Å². The predicted molar refractivity (Wildman–Crippen MR) is 91.4 cm³/mol. The molecule has 0 aromatic carbocycles. The molecule has 0 aliphatic carbocycles. The van der Waals surface area contributed by atoms with E-state index in [1.54, 1.807) is 6.92 Å². The third kappa shape index (κ3) is 2.95. The van der Waals surface area contributed by atoms with E-state index < -0.39 is 0 Å². The van der Waals surface area contributed by atoms with Crippen molar-refractivity contribution in [1.29, 1.82) is 0 Å². The molecule has 0 bridgehead atoms. The van der Waals surface area contributed by atoms with Crippen LogP contribution >= 0.6 is 0 Å². The Labute approximate surface area is 147 Å². The topological polar surface area (TPSA) is 72.1 Å². The van der Waals surface area contributed by atoms with E-state index in [4.69, 9.17) is 0 Å². The molecule has 2 aliphatic heterocycles. The Morgan fingerprint density at radius 3 is 2.84 bits per heavy atom. The van der Waals surface area contributed by atoms with Gasteiger partial charge in [-0.1, -0.05) is 0 Å². The number of amides is 1. The van der Waals surface area contributed by atoms with Crippen molar-refractivity contribution in [3.8, 4) is 0 Å². The van der Waals surface area contributed by atoms with E-state index in [2.05, 4.69) is 30.8 Å². The molecule has 1 saturated heterocycles. The summed E-state index contributed by atoms with van der Waals surface area (Å²) < 4.78 is 4.19. The molecule has 2 aliphatic rings. The molecule has 0 saturated carbocycles. The molecule has 8 heteroatoms. The summed E-state index contributed by atoms with van der Waals surface area (Å²) in [5, 5.41) is 13.3. The molecule has 0 radical (unpaired) electrons. The summed E-state index contributed by atoms with van der Waals surface area (Å²) in [5.41, 5.74) is 2.28. The number of hydrogen-bond acceptors (Lipinski definition) is 5. The van der Waals surface area contributed by atoms with Gasteiger partial charge in [-0.05, 0) is 32.4 Å². The zero-order valence-electron chi connectivity index (χ0n) is 15.1. The quantitative estimate of drug-likeness (QED) is 0.832. The van der Waals surface area contributed by atoms with Crippen molar-refractivity contribution in [3.05, 3.63) is 29.1 Å². The third-order valence-electron chi connectivity index (χ3n) is 5.35. The second-order valence-corrected chi connectivity index (χ2v) is 7.10. The molecular formula is C17H25N7O. The van der Waals surface area contributed by atoms with Crippen LogP contribution in [0.4, 0.5) is 0 Å². The fourth-order valence-corrected chi connectivity index (χ4v) is 4.02. The second kappa shape index (κ2) is 6.25. The highest BCUT2D eigenvalue weighted by atomic mass is 16.2. The molecule has 0 spiro atoms. The maximum absolute atomic E-state index is 11.6. The van der Waals surface area contributed by atoms with Gasteiger partial charge in [0.25, 0.3) is 0 Å². The Bertz CT molecular complexity index is 793. The standard InChI is InChI=1S/C17H25N7O/c1-12-9-14(21(3)20-12)10-23-6-4-5-15(23)17-19-18-16-11-22(13(2)25)7-8-24(16)17/h9,15H,4-8,10-11H2,1-3H3. The zero-order chi connectivity index (χ0) is 17.6. The molecule has 25 heavy (non-hydrogen) atoms. The first-order valence-corrected chi connectivity index (χ1v) is 8.94. The monoisotopic (exact) mass is 343 g/mol. The van der Waals surface area contributed by atoms with Crippen LogP contribution in [0.1, 0.15) is 48.8 Å². The van der Waals surface area contributed by atoms with Crippen molar-refractivity contribution < 1.29 is 4.79 Å². The van der Waals surface area contributed by atoms with Gasteiger partial charge in [0.05, 0.1) is 24.0 Å². The van der Waals surface area contributed by atoms with Crippen LogP contribution in [-0.4, -0.2) is 53.3 Å². The Balaban J connectivity index is 1.55. The Kier molecular flexibility index (Phi) is 4.07. The van der Waals surface area contributed by atoms with Crippen molar-refractivity contribution in [2.45, 2.75) is 52.4 Å². The highest BCUT2D eigenvalue weighted by Gasteiger charge is 2.33. The number of hydrogen-bond donors (Lipinski definition) is 0. The van der Waals surface area contributed by atoms with Crippen LogP contribution in [0, 0.1) is 6.92 Å². The lowest BCUT2D eigenvalue weighted by Gasteiger charge is -2.29. The number of fused-ring (bicyclic) bond motifs is 1. The molecule has 0 N–H and O–H groups in total. The molecule has 1 unspecified atom stereocenters. The lowest BCUT2D eigenvalue weighted by atomic mass is 10.2. The normalized spacial score (nSPS) is 20.9. The van der Waals surface area contributed by atoms with Gasteiger partial charge in [-0.15, -0.1) is 10.2 Å². The fourth-order valence-electron chi connectivity index (χ4n) is 4.02. The van der Waals surface area contributed by atoms with Gasteiger partial charge in [0.2, 0.25) is 5.91 Å². The van der Waals surface area contributed by atoms with Crippen molar-refractivity contribution in [1.82, 2.24) is 34.3 Å². The maximum atomic E-state index is 11.6. The van der Waals surface area contributed by atoms with E-state index in [0.29, 0.717) is 12.6 Å². The molecule has 2 aromatic heterocycles. The third-order valence-corrected chi connectivity index (χ3v) is 5.35. The summed E-state index contributed by atoms with van der Waals surface area (Å²) >= 11 is 0. The molecule has 4 heterocycles. The Morgan fingerprint density at radius 1 is 1.28 bits per heavy atom. The average molecular weight is 343 g/mol. The largest absolute Gasteiger partial charge is 0.334 e. The van der Waals surface area contributed by atoms with Crippen LogP contribution in [-0.2, 0) is 31.5 Å². The number of aromatic nitrogens is 5. The van der Waals surface area contributed by atoms with Crippen molar-refractivity contribution in [2.75, 3.05) is 13.1 Å². The van der Waals surface area contributed by atoms with Crippen molar-refractivity contribution in [3.63, 3.8) is 0 Å². The van der Waals surface area contributed by atoms with Crippen molar-refractivity contribution in [2.24, 2.45) is 7.05 Å². The van der Waals surface area contributed by atoms with Crippen LogP contribution in [0.5, 0.6) is 0 Å². The minimum atomic E-state index is 0.102. The lowest BCUT2D eigenvalue weighted by Crippen LogP contribution is -2.38. The Hall–Kier alpha value is -2.22. The smallest absolute Gasteiger partial charge is 0.219 e. The molecule has 1 atom stereocenters. The number of carbonyl (C=O) groups excluding carboxylic acids is 1. The predicted octanol–water partition coefficient (Wildman–Crippen LogP) is 1.02. The summed E-state index contributed by atoms with van der Waals surface area (Å²) in [7, 11) is 2.00. The van der Waals surface area contributed by atoms with Gasteiger partial charge < -0.3 is 9.47 Å². The van der Waals surface area contributed by atoms with E-state index in [-0.39, 0.29) is 5.91 Å². The van der Waals surface area contributed by atoms with Gasteiger partial charge in [0.15, 0.2) is 11.6 Å². The van der Waals surface area contributed by atoms with E-state index in [9.17, 15) is 4.79 Å². The first-order chi connectivity index (χ1) is 12.0. The SMILES string of the molecule is CC(=O)N1CCn2c(nnc2C2CCCN2Cc2cc(C)nn2C)C1. The number of carbonyl (C=O) groups is 1. The Morgan fingerprint density at radius 2 is 2.12 bits per heavy atom.